The van der Waals surface area contributed by atoms with E-state index in [1.807, 2.05) is 19.2 Å². The Hall–Kier alpha value is -2.03. The van der Waals surface area contributed by atoms with E-state index in [1.54, 1.807) is 6.07 Å². The van der Waals surface area contributed by atoms with Gasteiger partial charge in [-0.3, -0.25) is 0 Å². The molecule has 0 aromatic heterocycles. The average Bonchev–Trinajstić information content (AvgIpc) is 2.93. The SMILES string of the molecule is CN1CCc2cc([C@H](O)CNS(=O)(=O)c3c(F)cccc3F)ccc21. The van der Waals surface area contributed by atoms with Gasteiger partial charge in [-0.25, -0.2) is 21.9 Å². The number of hydrogen-bond donors (Lipinski definition) is 2. The quantitative estimate of drug-likeness (QED) is 0.847. The van der Waals surface area contributed by atoms with Gasteiger partial charge < -0.3 is 10.0 Å². The molecule has 1 aliphatic rings. The van der Waals surface area contributed by atoms with Gasteiger partial charge in [-0.05, 0) is 35.7 Å². The van der Waals surface area contributed by atoms with E-state index in [9.17, 15) is 22.3 Å². The predicted octanol–water partition coefficient (Wildman–Crippen LogP) is 1.97. The molecule has 0 aliphatic carbocycles. The fraction of sp³-hybridized carbons (Fsp3) is 0.294. The molecule has 0 bridgehead atoms. The van der Waals surface area contributed by atoms with Gasteiger partial charge in [0, 0.05) is 25.8 Å². The summed E-state index contributed by atoms with van der Waals surface area (Å²) in [5.74, 6) is -2.36. The summed E-state index contributed by atoms with van der Waals surface area (Å²) in [5.41, 5.74) is 2.69. The summed E-state index contributed by atoms with van der Waals surface area (Å²) >= 11 is 0. The fourth-order valence-electron chi connectivity index (χ4n) is 2.91. The van der Waals surface area contributed by atoms with Crippen LogP contribution in [0.15, 0.2) is 41.3 Å². The smallest absolute Gasteiger partial charge is 0.246 e. The second-order valence-corrected chi connectivity index (χ2v) is 7.68. The standard InChI is InChI=1S/C17H18F2N2O3S/c1-21-8-7-11-9-12(5-6-15(11)21)16(22)10-20-25(23,24)17-13(18)3-2-4-14(17)19/h2-6,9,16,20,22H,7-8,10H2,1H3/t16-/m1/s1. The van der Waals surface area contributed by atoms with Crippen LogP contribution in [-0.2, 0) is 16.4 Å². The molecular weight excluding hydrogens is 350 g/mol. The lowest BCUT2D eigenvalue weighted by molar-refractivity contribution is 0.182. The molecule has 0 unspecified atom stereocenters. The third kappa shape index (κ3) is 3.51. The molecule has 1 heterocycles. The van der Waals surface area contributed by atoms with Gasteiger partial charge in [-0.2, -0.15) is 0 Å². The predicted molar refractivity (Wildman–Crippen MR) is 89.9 cm³/mol. The van der Waals surface area contributed by atoms with Crippen molar-refractivity contribution in [1.82, 2.24) is 4.72 Å². The number of fused-ring (bicyclic) bond motifs is 1. The third-order valence-electron chi connectivity index (χ3n) is 4.27. The first-order valence-corrected chi connectivity index (χ1v) is 9.23. The maximum Gasteiger partial charge on any atom is 0.246 e. The van der Waals surface area contributed by atoms with Crippen LogP contribution in [0, 0.1) is 11.6 Å². The number of nitrogens with one attached hydrogen (secondary N) is 1. The van der Waals surface area contributed by atoms with Gasteiger partial charge in [0.25, 0.3) is 0 Å². The van der Waals surface area contributed by atoms with Crippen molar-refractivity contribution in [1.29, 1.82) is 0 Å². The summed E-state index contributed by atoms with van der Waals surface area (Å²) in [6, 6.07) is 8.22. The van der Waals surface area contributed by atoms with Gasteiger partial charge in [0.1, 0.15) is 11.6 Å². The Balaban J connectivity index is 1.75. The molecule has 2 aromatic rings. The maximum absolute atomic E-state index is 13.7. The molecule has 0 fully saturated rings. The van der Waals surface area contributed by atoms with Crippen LogP contribution in [-0.4, -0.2) is 33.7 Å². The van der Waals surface area contributed by atoms with Crippen molar-refractivity contribution < 1.29 is 22.3 Å². The number of rotatable bonds is 5. The molecule has 5 nitrogen and oxygen atoms in total. The number of anilines is 1. The number of halogens is 2. The molecule has 0 amide bonds. The molecule has 134 valence electrons. The zero-order valence-corrected chi connectivity index (χ0v) is 14.4. The number of sulfonamides is 1. The Morgan fingerprint density at radius 2 is 1.92 bits per heavy atom. The number of aliphatic hydroxyl groups is 1. The molecule has 2 N–H and O–H groups in total. The van der Waals surface area contributed by atoms with Gasteiger partial charge in [0.2, 0.25) is 10.0 Å². The molecule has 0 radical (unpaired) electrons. The maximum atomic E-state index is 13.7. The van der Waals surface area contributed by atoms with Crippen molar-refractivity contribution >= 4 is 15.7 Å². The number of likely N-dealkylation sites (N-methyl/N-ethyl adjacent to an activating group) is 1. The van der Waals surface area contributed by atoms with E-state index in [4.69, 9.17) is 0 Å². The molecule has 0 saturated carbocycles. The largest absolute Gasteiger partial charge is 0.387 e. The Kier molecular flexibility index (Phi) is 4.77. The van der Waals surface area contributed by atoms with Gasteiger partial charge >= 0.3 is 0 Å². The highest BCUT2D eigenvalue weighted by Gasteiger charge is 2.25. The van der Waals surface area contributed by atoms with E-state index >= 15 is 0 Å². The van der Waals surface area contributed by atoms with Crippen LogP contribution in [0.1, 0.15) is 17.2 Å². The molecular formula is C17H18F2N2O3S. The number of hydrogen-bond acceptors (Lipinski definition) is 4. The summed E-state index contributed by atoms with van der Waals surface area (Å²) in [6.07, 6.45) is -0.278. The number of nitrogens with zero attached hydrogens (tertiary/aromatic N) is 1. The van der Waals surface area contributed by atoms with Gasteiger partial charge in [-0.1, -0.05) is 18.2 Å². The highest BCUT2D eigenvalue weighted by Crippen LogP contribution is 2.29. The second-order valence-electron chi connectivity index (χ2n) is 5.98. The van der Waals surface area contributed by atoms with E-state index in [0.717, 1.165) is 42.4 Å². The first-order chi connectivity index (χ1) is 11.8. The minimum Gasteiger partial charge on any atom is -0.387 e. The number of aliphatic hydroxyl groups excluding tert-OH is 1. The summed E-state index contributed by atoms with van der Waals surface area (Å²) < 4.78 is 53.6. The Morgan fingerprint density at radius 3 is 2.60 bits per heavy atom. The van der Waals surface area contributed by atoms with Crippen LogP contribution in [0.25, 0.3) is 0 Å². The molecule has 3 rings (SSSR count). The molecule has 8 heteroatoms. The van der Waals surface area contributed by atoms with Crippen LogP contribution in [0.2, 0.25) is 0 Å². The van der Waals surface area contributed by atoms with Crippen LogP contribution in [0.5, 0.6) is 0 Å². The van der Waals surface area contributed by atoms with Crippen molar-refractivity contribution in [3.63, 3.8) is 0 Å². The summed E-state index contributed by atoms with van der Waals surface area (Å²) in [6.45, 7) is 0.499. The highest BCUT2D eigenvalue weighted by molar-refractivity contribution is 7.89. The van der Waals surface area contributed by atoms with Crippen molar-refractivity contribution in [3.8, 4) is 0 Å². The van der Waals surface area contributed by atoms with Gasteiger partial charge in [-0.15, -0.1) is 0 Å². The van der Waals surface area contributed by atoms with Crippen LogP contribution in [0.4, 0.5) is 14.5 Å². The van der Waals surface area contributed by atoms with Crippen molar-refractivity contribution in [2.45, 2.75) is 17.4 Å². The summed E-state index contributed by atoms with van der Waals surface area (Å²) in [7, 11) is -2.44. The first kappa shape index (κ1) is 17.8. The van der Waals surface area contributed by atoms with Gasteiger partial charge in [0.05, 0.1) is 6.10 Å². The molecule has 25 heavy (non-hydrogen) atoms. The lowest BCUT2D eigenvalue weighted by atomic mass is 10.0. The molecule has 1 atom stereocenters. The third-order valence-corrected chi connectivity index (χ3v) is 5.74. The zero-order chi connectivity index (χ0) is 18.2. The van der Waals surface area contributed by atoms with Crippen LogP contribution >= 0.6 is 0 Å². The van der Waals surface area contributed by atoms with Crippen LogP contribution < -0.4 is 9.62 Å². The van der Waals surface area contributed by atoms with E-state index < -0.39 is 32.7 Å². The zero-order valence-electron chi connectivity index (χ0n) is 13.5. The second kappa shape index (κ2) is 6.70. The van der Waals surface area contributed by atoms with E-state index in [1.165, 1.54) is 0 Å². The highest BCUT2D eigenvalue weighted by atomic mass is 32.2. The minimum atomic E-state index is -4.41. The Morgan fingerprint density at radius 1 is 1.24 bits per heavy atom. The molecule has 0 saturated heterocycles. The topological polar surface area (TPSA) is 69.6 Å². The average molecular weight is 368 g/mol. The Bertz CT molecular complexity index is 883. The van der Waals surface area contributed by atoms with E-state index in [2.05, 4.69) is 9.62 Å². The summed E-state index contributed by atoms with van der Waals surface area (Å²) in [4.78, 5) is 1.05. The van der Waals surface area contributed by atoms with Gasteiger partial charge in [0.15, 0.2) is 4.90 Å². The molecule has 2 aromatic carbocycles. The van der Waals surface area contributed by atoms with Crippen molar-refractivity contribution in [3.05, 3.63) is 59.2 Å². The Labute approximate surface area is 145 Å². The minimum absolute atomic E-state index is 0.384. The fourth-order valence-corrected chi connectivity index (χ4v) is 4.08. The normalized spacial score (nSPS) is 15.3. The first-order valence-electron chi connectivity index (χ1n) is 7.75. The van der Waals surface area contributed by atoms with E-state index in [0.29, 0.717) is 5.56 Å². The van der Waals surface area contributed by atoms with E-state index in [-0.39, 0.29) is 6.54 Å². The lowest BCUT2D eigenvalue weighted by Gasteiger charge is -2.16. The monoisotopic (exact) mass is 368 g/mol. The summed E-state index contributed by atoms with van der Waals surface area (Å²) in [5, 5.41) is 10.2. The van der Waals surface area contributed by atoms with Crippen molar-refractivity contribution in [2.24, 2.45) is 0 Å². The van der Waals surface area contributed by atoms with Crippen molar-refractivity contribution in [2.75, 3.05) is 25.0 Å². The molecule has 1 aliphatic heterocycles. The lowest BCUT2D eigenvalue weighted by Crippen LogP contribution is -2.30. The van der Waals surface area contributed by atoms with Crippen LogP contribution in [0.3, 0.4) is 0 Å². The molecule has 0 spiro atoms. The number of benzene rings is 2.